The number of hydrogen-bond donors (Lipinski definition) is 1. The molecule has 1 heterocycles. The number of pyridine rings is 1. The van der Waals surface area contributed by atoms with Gasteiger partial charge in [-0.25, -0.2) is 4.39 Å². The number of benzene rings is 1. The minimum Gasteiger partial charge on any atom is -0.309 e. The molecular formula is C17H20BrFN2. The van der Waals surface area contributed by atoms with Crippen molar-refractivity contribution in [3.05, 3.63) is 63.6 Å². The minimum absolute atomic E-state index is 0.0873. The van der Waals surface area contributed by atoms with E-state index in [0.717, 1.165) is 28.7 Å². The summed E-state index contributed by atoms with van der Waals surface area (Å²) in [6, 6.07) is 8.96. The molecule has 0 spiro atoms. The van der Waals surface area contributed by atoms with Gasteiger partial charge in [0.1, 0.15) is 5.82 Å². The van der Waals surface area contributed by atoms with E-state index in [1.54, 1.807) is 12.1 Å². The lowest BCUT2D eigenvalue weighted by atomic mass is 9.98. The fraction of sp³-hybridized carbons (Fsp3) is 0.353. The van der Waals surface area contributed by atoms with E-state index in [1.807, 2.05) is 12.3 Å². The molecule has 0 radical (unpaired) electrons. The van der Waals surface area contributed by atoms with Crippen LogP contribution in [0.5, 0.6) is 0 Å². The molecular weight excluding hydrogens is 331 g/mol. The Balaban J connectivity index is 2.33. The van der Waals surface area contributed by atoms with Crippen LogP contribution in [-0.4, -0.2) is 11.5 Å². The van der Waals surface area contributed by atoms with Crippen molar-refractivity contribution in [2.45, 2.75) is 32.7 Å². The first-order valence-electron chi connectivity index (χ1n) is 7.26. The van der Waals surface area contributed by atoms with Crippen LogP contribution in [0.15, 0.2) is 41.0 Å². The van der Waals surface area contributed by atoms with Crippen molar-refractivity contribution >= 4 is 15.9 Å². The molecule has 0 saturated carbocycles. The third-order valence-electron chi connectivity index (χ3n) is 3.52. The molecule has 0 bridgehead atoms. The van der Waals surface area contributed by atoms with Crippen molar-refractivity contribution < 1.29 is 4.39 Å². The van der Waals surface area contributed by atoms with Crippen LogP contribution in [-0.2, 0) is 12.8 Å². The molecule has 0 aliphatic rings. The van der Waals surface area contributed by atoms with Crippen molar-refractivity contribution in [2.75, 3.05) is 6.54 Å². The summed E-state index contributed by atoms with van der Waals surface area (Å²) >= 11 is 3.50. The smallest absolute Gasteiger partial charge is 0.123 e. The molecule has 2 rings (SSSR count). The predicted molar refractivity (Wildman–Crippen MR) is 87.8 cm³/mol. The van der Waals surface area contributed by atoms with Gasteiger partial charge in [-0.1, -0.05) is 35.8 Å². The molecule has 0 aliphatic carbocycles. The van der Waals surface area contributed by atoms with Crippen LogP contribution in [0.2, 0.25) is 0 Å². The van der Waals surface area contributed by atoms with Crippen molar-refractivity contribution in [3.8, 4) is 0 Å². The second kappa shape index (κ2) is 7.66. The number of rotatable bonds is 6. The molecule has 0 fully saturated rings. The average molecular weight is 351 g/mol. The van der Waals surface area contributed by atoms with Crippen molar-refractivity contribution in [3.63, 3.8) is 0 Å². The van der Waals surface area contributed by atoms with Gasteiger partial charge in [-0.15, -0.1) is 0 Å². The highest BCUT2D eigenvalue weighted by molar-refractivity contribution is 9.10. The summed E-state index contributed by atoms with van der Waals surface area (Å²) in [5, 5.41) is 3.46. The van der Waals surface area contributed by atoms with Crippen LogP contribution >= 0.6 is 15.9 Å². The SMILES string of the molecule is CCNC(Cc1cc(F)ccc1Br)c1ncccc1CC. The molecule has 1 aromatic carbocycles. The van der Waals surface area contributed by atoms with E-state index in [2.05, 4.69) is 46.1 Å². The summed E-state index contributed by atoms with van der Waals surface area (Å²) in [4.78, 5) is 4.55. The van der Waals surface area contributed by atoms with E-state index in [0.29, 0.717) is 6.42 Å². The average Bonchev–Trinajstić information content (AvgIpc) is 2.50. The standard InChI is InChI=1S/C17H20BrFN2/c1-3-12-6-5-9-21-17(12)16(20-4-2)11-13-10-14(19)7-8-15(13)18/h5-10,16,20H,3-4,11H2,1-2H3. The van der Waals surface area contributed by atoms with Gasteiger partial charge in [0, 0.05) is 10.7 Å². The Bertz CT molecular complexity index is 601. The lowest BCUT2D eigenvalue weighted by molar-refractivity contribution is 0.529. The van der Waals surface area contributed by atoms with Crippen LogP contribution in [0.1, 0.15) is 36.7 Å². The number of likely N-dealkylation sites (N-methyl/N-ethyl adjacent to an activating group) is 1. The Labute approximate surface area is 133 Å². The van der Waals surface area contributed by atoms with Gasteiger partial charge in [-0.2, -0.15) is 0 Å². The Morgan fingerprint density at radius 3 is 2.76 bits per heavy atom. The zero-order valence-corrected chi connectivity index (χ0v) is 14.0. The Morgan fingerprint density at radius 1 is 1.24 bits per heavy atom. The zero-order chi connectivity index (χ0) is 15.2. The maximum Gasteiger partial charge on any atom is 0.123 e. The number of nitrogens with zero attached hydrogens (tertiary/aromatic N) is 1. The predicted octanol–water partition coefficient (Wildman–Crippen LogP) is 4.44. The molecule has 1 aromatic heterocycles. The van der Waals surface area contributed by atoms with Gasteiger partial charge in [0.15, 0.2) is 0 Å². The fourth-order valence-corrected chi connectivity index (χ4v) is 2.90. The van der Waals surface area contributed by atoms with Crippen molar-refractivity contribution in [1.29, 1.82) is 0 Å². The Kier molecular flexibility index (Phi) is 5.88. The highest BCUT2D eigenvalue weighted by Gasteiger charge is 2.17. The highest BCUT2D eigenvalue weighted by Crippen LogP contribution is 2.25. The van der Waals surface area contributed by atoms with Crippen LogP contribution in [0.3, 0.4) is 0 Å². The molecule has 2 aromatic rings. The Hall–Kier alpha value is -1.26. The molecule has 0 aliphatic heterocycles. The fourth-order valence-electron chi connectivity index (χ4n) is 2.50. The lowest BCUT2D eigenvalue weighted by Crippen LogP contribution is -2.25. The molecule has 112 valence electrons. The number of aryl methyl sites for hydroxylation is 1. The summed E-state index contributed by atoms with van der Waals surface area (Å²) in [6.07, 6.45) is 3.46. The monoisotopic (exact) mass is 350 g/mol. The molecule has 2 nitrogen and oxygen atoms in total. The first-order valence-corrected chi connectivity index (χ1v) is 8.06. The first kappa shape index (κ1) is 16.1. The van der Waals surface area contributed by atoms with Crippen LogP contribution in [0.25, 0.3) is 0 Å². The van der Waals surface area contributed by atoms with Crippen molar-refractivity contribution in [1.82, 2.24) is 10.3 Å². The second-order valence-electron chi connectivity index (χ2n) is 4.95. The Morgan fingerprint density at radius 2 is 2.05 bits per heavy atom. The van der Waals surface area contributed by atoms with E-state index < -0.39 is 0 Å². The number of hydrogen-bond acceptors (Lipinski definition) is 2. The van der Waals surface area contributed by atoms with Gasteiger partial charge in [0.25, 0.3) is 0 Å². The summed E-state index contributed by atoms with van der Waals surface area (Å²) in [5.41, 5.74) is 3.24. The van der Waals surface area contributed by atoms with E-state index in [1.165, 1.54) is 11.6 Å². The first-order chi connectivity index (χ1) is 10.2. The summed E-state index contributed by atoms with van der Waals surface area (Å²) < 4.78 is 14.4. The molecule has 21 heavy (non-hydrogen) atoms. The van der Waals surface area contributed by atoms with E-state index in [-0.39, 0.29) is 11.9 Å². The summed E-state index contributed by atoms with van der Waals surface area (Å²) in [6.45, 7) is 5.04. The van der Waals surface area contributed by atoms with Crippen LogP contribution in [0.4, 0.5) is 4.39 Å². The molecule has 1 unspecified atom stereocenters. The van der Waals surface area contributed by atoms with E-state index in [9.17, 15) is 4.39 Å². The molecule has 1 N–H and O–H groups in total. The number of halogens is 2. The normalized spacial score (nSPS) is 12.4. The number of aromatic nitrogens is 1. The quantitative estimate of drug-likeness (QED) is 0.832. The maximum atomic E-state index is 13.5. The molecule has 0 amide bonds. The summed E-state index contributed by atoms with van der Waals surface area (Å²) in [5.74, 6) is -0.208. The van der Waals surface area contributed by atoms with Gasteiger partial charge >= 0.3 is 0 Å². The van der Waals surface area contributed by atoms with Gasteiger partial charge in [-0.3, -0.25) is 4.98 Å². The minimum atomic E-state index is -0.208. The van der Waals surface area contributed by atoms with Crippen LogP contribution < -0.4 is 5.32 Å². The van der Waals surface area contributed by atoms with Gasteiger partial charge in [-0.05, 0) is 54.8 Å². The molecule has 1 atom stereocenters. The van der Waals surface area contributed by atoms with E-state index >= 15 is 0 Å². The van der Waals surface area contributed by atoms with Gasteiger partial charge in [0.05, 0.1) is 11.7 Å². The second-order valence-corrected chi connectivity index (χ2v) is 5.81. The highest BCUT2D eigenvalue weighted by atomic mass is 79.9. The topological polar surface area (TPSA) is 24.9 Å². The lowest BCUT2D eigenvalue weighted by Gasteiger charge is -2.20. The third-order valence-corrected chi connectivity index (χ3v) is 4.29. The largest absolute Gasteiger partial charge is 0.309 e. The number of nitrogens with one attached hydrogen (secondary N) is 1. The molecule has 4 heteroatoms. The van der Waals surface area contributed by atoms with Gasteiger partial charge in [0.2, 0.25) is 0 Å². The maximum absolute atomic E-state index is 13.5. The van der Waals surface area contributed by atoms with Crippen LogP contribution in [0, 0.1) is 5.82 Å². The third kappa shape index (κ3) is 4.11. The van der Waals surface area contributed by atoms with Gasteiger partial charge < -0.3 is 5.32 Å². The summed E-state index contributed by atoms with van der Waals surface area (Å²) in [7, 11) is 0. The van der Waals surface area contributed by atoms with E-state index in [4.69, 9.17) is 0 Å². The van der Waals surface area contributed by atoms with Crippen molar-refractivity contribution in [2.24, 2.45) is 0 Å². The molecule has 0 saturated heterocycles. The zero-order valence-electron chi connectivity index (χ0n) is 12.4.